The largest absolute Gasteiger partial charge is 0.369 e. The van der Waals surface area contributed by atoms with E-state index in [0.717, 1.165) is 37.9 Å². The summed E-state index contributed by atoms with van der Waals surface area (Å²) in [5.74, 6) is -0.398. The standard InChI is InChI=1S/C23H36N4O3/c1-16(2)14-20(26-22(29)19-10-5-4-8-17(19)3)23(30)25-11-7-13-27-12-6-9-18(15-27)21(24)28/h4-5,8,10,16,18,20H,6-7,9,11-15H2,1-3H3,(H2,24,28)(H,25,30)(H,26,29). The van der Waals surface area contributed by atoms with E-state index in [9.17, 15) is 14.4 Å². The van der Waals surface area contributed by atoms with Crippen LogP contribution in [0.5, 0.6) is 0 Å². The van der Waals surface area contributed by atoms with Crippen molar-refractivity contribution in [3.05, 3.63) is 35.4 Å². The first-order chi connectivity index (χ1) is 14.3. The number of likely N-dealkylation sites (tertiary alicyclic amines) is 1. The molecule has 1 aliphatic heterocycles. The summed E-state index contributed by atoms with van der Waals surface area (Å²) >= 11 is 0. The van der Waals surface area contributed by atoms with Gasteiger partial charge in [0.05, 0.1) is 5.92 Å². The number of piperidine rings is 1. The van der Waals surface area contributed by atoms with Crippen molar-refractivity contribution in [3.8, 4) is 0 Å². The van der Waals surface area contributed by atoms with E-state index in [0.29, 0.717) is 25.1 Å². The molecule has 166 valence electrons. The summed E-state index contributed by atoms with van der Waals surface area (Å²) in [6.07, 6.45) is 3.20. The van der Waals surface area contributed by atoms with Gasteiger partial charge in [-0.2, -0.15) is 0 Å². The molecular weight excluding hydrogens is 380 g/mol. The third-order valence-electron chi connectivity index (χ3n) is 5.58. The molecule has 7 nitrogen and oxygen atoms in total. The minimum absolute atomic E-state index is 0.0691. The van der Waals surface area contributed by atoms with Crippen molar-refractivity contribution in [1.82, 2.24) is 15.5 Å². The van der Waals surface area contributed by atoms with Crippen LogP contribution in [0.4, 0.5) is 0 Å². The number of carbonyl (C=O) groups excluding carboxylic acids is 3. The van der Waals surface area contributed by atoms with Gasteiger partial charge in [0, 0.05) is 18.7 Å². The quantitative estimate of drug-likeness (QED) is 0.506. The number of rotatable bonds is 10. The Kier molecular flexibility index (Phi) is 9.30. The molecule has 4 N–H and O–H groups in total. The number of carbonyl (C=O) groups is 3. The predicted octanol–water partition coefficient (Wildman–Crippen LogP) is 1.84. The zero-order valence-electron chi connectivity index (χ0n) is 18.4. The van der Waals surface area contributed by atoms with Crippen LogP contribution in [0.3, 0.4) is 0 Å². The van der Waals surface area contributed by atoms with E-state index in [1.165, 1.54) is 0 Å². The lowest BCUT2D eigenvalue weighted by atomic mass is 9.97. The second-order valence-electron chi connectivity index (χ2n) is 8.66. The number of nitrogens with two attached hydrogens (primary N) is 1. The fourth-order valence-corrected chi connectivity index (χ4v) is 3.89. The van der Waals surface area contributed by atoms with Gasteiger partial charge in [-0.15, -0.1) is 0 Å². The van der Waals surface area contributed by atoms with Crippen LogP contribution in [-0.4, -0.2) is 54.8 Å². The van der Waals surface area contributed by atoms with Crippen LogP contribution in [0.25, 0.3) is 0 Å². The fraction of sp³-hybridized carbons (Fsp3) is 0.609. The highest BCUT2D eigenvalue weighted by molar-refractivity contribution is 5.98. The van der Waals surface area contributed by atoms with Crippen LogP contribution in [0.1, 0.15) is 55.5 Å². The summed E-state index contributed by atoms with van der Waals surface area (Å²) < 4.78 is 0. The maximum atomic E-state index is 12.7. The van der Waals surface area contributed by atoms with Gasteiger partial charge in [0.1, 0.15) is 6.04 Å². The summed E-state index contributed by atoms with van der Waals surface area (Å²) in [4.78, 5) is 39.0. The normalized spacial score (nSPS) is 18.1. The first-order valence-electron chi connectivity index (χ1n) is 10.9. The Balaban J connectivity index is 1.82. The molecule has 30 heavy (non-hydrogen) atoms. The van der Waals surface area contributed by atoms with Gasteiger partial charge < -0.3 is 21.3 Å². The molecule has 0 radical (unpaired) electrons. The monoisotopic (exact) mass is 416 g/mol. The molecule has 0 aromatic heterocycles. The van der Waals surface area contributed by atoms with E-state index in [-0.39, 0.29) is 29.6 Å². The lowest BCUT2D eigenvalue weighted by Gasteiger charge is -2.31. The summed E-state index contributed by atoms with van der Waals surface area (Å²) in [5.41, 5.74) is 6.91. The van der Waals surface area contributed by atoms with Crippen LogP contribution >= 0.6 is 0 Å². The molecular formula is C23H36N4O3. The van der Waals surface area contributed by atoms with Crippen molar-refractivity contribution in [2.75, 3.05) is 26.2 Å². The average Bonchev–Trinajstić information content (AvgIpc) is 2.70. The van der Waals surface area contributed by atoms with Crippen molar-refractivity contribution < 1.29 is 14.4 Å². The van der Waals surface area contributed by atoms with Crippen LogP contribution in [0.2, 0.25) is 0 Å². The first kappa shape index (κ1) is 23.9. The molecule has 1 heterocycles. The van der Waals surface area contributed by atoms with Gasteiger partial charge in [-0.3, -0.25) is 14.4 Å². The zero-order chi connectivity index (χ0) is 22.1. The van der Waals surface area contributed by atoms with Gasteiger partial charge in [-0.1, -0.05) is 32.0 Å². The predicted molar refractivity (Wildman–Crippen MR) is 118 cm³/mol. The highest BCUT2D eigenvalue weighted by atomic mass is 16.2. The van der Waals surface area contributed by atoms with Crippen molar-refractivity contribution in [1.29, 1.82) is 0 Å². The van der Waals surface area contributed by atoms with Crippen LogP contribution in [0.15, 0.2) is 24.3 Å². The second-order valence-corrected chi connectivity index (χ2v) is 8.66. The Hall–Kier alpha value is -2.41. The van der Waals surface area contributed by atoms with Gasteiger partial charge >= 0.3 is 0 Å². The number of aryl methyl sites for hydroxylation is 1. The zero-order valence-corrected chi connectivity index (χ0v) is 18.4. The summed E-state index contributed by atoms with van der Waals surface area (Å²) in [5, 5.41) is 5.86. The third-order valence-corrected chi connectivity index (χ3v) is 5.58. The third kappa shape index (κ3) is 7.44. The van der Waals surface area contributed by atoms with E-state index in [4.69, 9.17) is 5.73 Å². The molecule has 2 unspecified atom stereocenters. The maximum Gasteiger partial charge on any atom is 0.252 e. The number of primary amides is 1. The molecule has 1 aromatic carbocycles. The number of nitrogens with one attached hydrogen (secondary N) is 2. The van der Waals surface area contributed by atoms with Gasteiger partial charge in [0.2, 0.25) is 11.8 Å². The summed E-state index contributed by atoms with van der Waals surface area (Å²) in [6.45, 7) is 8.96. The van der Waals surface area contributed by atoms with E-state index in [1.54, 1.807) is 6.07 Å². The number of amides is 3. The molecule has 1 saturated heterocycles. The van der Waals surface area contributed by atoms with Gasteiger partial charge in [0.15, 0.2) is 0 Å². The number of benzene rings is 1. The van der Waals surface area contributed by atoms with Crippen molar-refractivity contribution in [3.63, 3.8) is 0 Å². The molecule has 0 spiro atoms. The molecule has 7 heteroatoms. The molecule has 2 rings (SSSR count). The lowest BCUT2D eigenvalue weighted by Crippen LogP contribution is -2.48. The minimum atomic E-state index is -0.564. The van der Waals surface area contributed by atoms with Crippen molar-refractivity contribution in [2.24, 2.45) is 17.6 Å². The van der Waals surface area contributed by atoms with Gasteiger partial charge in [-0.05, 0) is 63.2 Å². The average molecular weight is 417 g/mol. The number of hydrogen-bond donors (Lipinski definition) is 3. The Morgan fingerprint density at radius 1 is 1.23 bits per heavy atom. The first-order valence-corrected chi connectivity index (χ1v) is 10.9. The molecule has 0 bridgehead atoms. The van der Waals surface area contributed by atoms with Gasteiger partial charge in [-0.25, -0.2) is 0 Å². The van der Waals surface area contributed by atoms with Crippen LogP contribution < -0.4 is 16.4 Å². The molecule has 1 aromatic rings. The molecule has 0 saturated carbocycles. The van der Waals surface area contributed by atoms with Crippen LogP contribution in [-0.2, 0) is 9.59 Å². The Morgan fingerprint density at radius 2 is 1.97 bits per heavy atom. The SMILES string of the molecule is Cc1ccccc1C(=O)NC(CC(C)C)C(=O)NCCCN1CCCC(C(N)=O)C1. The molecule has 2 atom stereocenters. The highest BCUT2D eigenvalue weighted by Gasteiger charge is 2.25. The van der Waals surface area contributed by atoms with E-state index in [1.807, 2.05) is 39.0 Å². The topological polar surface area (TPSA) is 105 Å². The van der Waals surface area contributed by atoms with E-state index < -0.39 is 6.04 Å². The maximum absolute atomic E-state index is 12.7. The lowest BCUT2D eigenvalue weighted by molar-refractivity contribution is -0.123. The smallest absolute Gasteiger partial charge is 0.252 e. The molecule has 0 aliphatic carbocycles. The molecule has 3 amide bonds. The Labute approximate surface area is 179 Å². The fourth-order valence-electron chi connectivity index (χ4n) is 3.89. The second kappa shape index (κ2) is 11.7. The van der Waals surface area contributed by atoms with Crippen molar-refractivity contribution in [2.45, 2.75) is 52.5 Å². The minimum Gasteiger partial charge on any atom is -0.369 e. The van der Waals surface area contributed by atoms with Gasteiger partial charge in [0.25, 0.3) is 5.91 Å². The van der Waals surface area contributed by atoms with Crippen molar-refractivity contribution >= 4 is 17.7 Å². The van der Waals surface area contributed by atoms with Crippen LogP contribution in [0, 0.1) is 18.8 Å². The van der Waals surface area contributed by atoms with E-state index >= 15 is 0 Å². The highest BCUT2D eigenvalue weighted by Crippen LogP contribution is 2.16. The number of nitrogens with zero attached hydrogens (tertiary/aromatic N) is 1. The Morgan fingerprint density at radius 3 is 2.63 bits per heavy atom. The van der Waals surface area contributed by atoms with E-state index in [2.05, 4.69) is 15.5 Å². The summed E-state index contributed by atoms with van der Waals surface area (Å²) in [6, 6.07) is 6.80. The molecule has 1 aliphatic rings. The Bertz CT molecular complexity index is 735. The number of hydrogen-bond acceptors (Lipinski definition) is 4. The molecule has 1 fully saturated rings. The summed E-state index contributed by atoms with van der Waals surface area (Å²) in [7, 11) is 0.